The number of hydrogen-bond acceptors (Lipinski definition) is 7. The zero-order valence-electron chi connectivity index (χ0n) is 14.9. The third-order valence-electron chi connectivity index (χ3n) is 4.72. The van der Waals surface area contributed by atoms with Crippen LogP contribution in [0.1, 0.15) is 5.76 Å². The number of thiocarbonyl (C=S) groups is 1. The van der Waals surface area contributed by atoms with E-state index in [1.807, 2.05) is 18.2 Å². The fourth-order valence-electron chi connectivity index (χ4n) is 3.33. The molecule has 2 aliphatic heterocycles. The van der Waals surface area contributed by atoms with Crippen LogP contribution in [0.3, 0.4) is 0 Å². The third-order valence-corrected chi connectivity index (χ3v) is 5.89. The van der Waals surface area contributed by atoms with Gasteiger partial charge in [0.25, 0.3) is 5.91 Å². The SMILES string of the molecule is CN1CCOc2cc(-c3cncc4cc(/C=C5\SC(=S)NC5=O)oc34)ccc21. The monoisotopic (exact) mass is 409 g/mol. The number of carbonyl (C=O) groups excluding carboxylic acids is 1. The number of thioether (sulfide) groups is 1. The molecule has 0 radical (unpaired) electrons. The topological polar surface area (TPSA) is 67.6 Å². The largest absolute Gasteiger partial charge is 0.490 e. The molecule has 1 fully saturated rings. The van der Waals surface area contributed by atoms with Gasteiger partial charge in [0.15, 0.2) is 0 Å². The second kappa shape index (κ2) is 6.65. The van der Waals surface area contributed by atoms with Crippen molar-refractivity contribution in [2.45, 2.75) is 0 Å². The highest BCUT2D eigenvalue weighted by Crippen LogP contribution is 2.38. The predicted octanol–water partition coefficient (Wildman–Crippen LogP) is 3.81. The number of anilines is 1. The Morgan fingerprint density at radius 2 is 2.21 bits per heavy atom. The first-order valence-electron chi connectivity index (χ1n) is 8.69. The number of amides is 1. The number of nitrogens with zero attached hydrogens (tertiary/aromatic N) is 2. The summed E-state index contributed by atoms with van der Waals surface area (Å²) < 4.78 is 12.3. The summed E-state index contributed by atoms with van der Waals surface area (Å²) in [6, 6.07) is 7.98. The van der Waals surface area contributed by atoms with Crippen LogP contribution in [-0.4, -0.2) is 35.4 Å². The van der Waals surface area contributed by atoms with E-state index < -0.39 is 0 Å². The van der Waals surface area contributed by atoms with Crippen molar-refractivity contribution in [2.75, 3.05) is 25.1 Å². The number of furan rings is 1. The molecule has 6 nitrogen and oxygen atoms in total. The maximum Gasteiger partial charge on any atom is 0.263 e. The van der Waals surface area contributed by atoms with Crippen LogP contribution in [0.5, 0.6) is 5.75 Å². The van der Waals surface area contributed by atoms with E-state index in [9.17, 15) is 4.79 Å². The molecule has 2 aliphatic rings. The third kappa shape index (κ3) is 2.94. The van der Waals surface area contributed by atoms with Gasteiger partial charge in [0.1, 0.15) is 28.0 Å². The number of pyridine rings is 1. The summed E-state index contributed by atoms with van der Waals surface area (Å²) in [7, 11) is 2.05. The highest BCUT2D eigenvalue weighted by molar-refractivity contribution is 8.26. The van der Waals surface area contributed by atoms with E-state index in [1.165, 1.54) is 11.8 Å². The highest BCUT2D eigenvalue weighted by atomic mass is 32.2. The van der Waals surface area contributed by atoms with Gasteiger partial charge in [-0.25, -0.2) is 0 Å². The van der Waals surface area contributed by atoms with Gasteiger partial charge in [-0.3, -0.25) is 9.78 Å². The fraction of sp³-hybridized carbons (Fsp3) is 0.150. The molecule has 1 aromatic carbocycles. The molecule has 140 valence electrons. The van der Waals surface area contributed by atoms with Crippen LogP contribution in [0, 0.1) is 0 Å². The maximum absolute atomic E-state index is 11.9. The van der Waals surface area contributed by atoms with Crippen molar-refractivity contribution in [3.05, 3.63) is 47.3 Å². The summed E-state index contributed by atoms with van der Waals surface area (Å²) in [5, 5.41) is 3.47. The van der Waals surface area contributed by atoms with Crippen LogP contribution >= 0.6 is 24.0 Å². The van der Waals surface area contributed by atoms with Crippen LogP contribution in [0.25, 0.3) is 28.2 Å². The molecule has 2 aromatic heterocycles. The Balaban J connectivity index is 1.58. The lowest BCUT2D eigenvalue weighted by Gasteiger charge is -2.28. The number of likely N-dealkylation sites (N-methyl/N-ethyl adjacent to an activating group) is 1. The van der Waals surface area contributed by atoms with E-state index in [0.717, 1.165) is 40.1 Å². The van der Waals surface area contributed by atoms with Crippen molar-refractivity contribution in [1.82, 2.24) is 10.3 Å². The molecule has 0 saturated carbocycles. The van der Waals surface area contributed by atoms with Crippen LogP contribution in [0.4, 0.5) is 5.69 Å². The number of fused-ring (bicyclic) bond motifs is 2. The lowest BCUT2D eigenvalue weighted by Crippen LogP contribution is -2.28. The predicted molar refractivity (Wildman–Crippen MR) is 115 cm³/mol. The van der Waals surface area contributed by atoms with Crippen LogP contribution in [0.2, 0.25) is 0 Å². The maximum atomic E-state index is 11.9. The first-order chi connectivity index (χ1) is 13.6. The van der Waals surface area contributed by atoms with Crippen molar-refractivity contribution in [2.24, 2.45) is 0 Å². The molecule has 0 atom stereocenters. The molecule has 5 rings (SSSR count). The number of aromatic nitrogens is 1. The van der Waals surface area contributed by atoms with Gasteiger partial charge in [0.05, 0.1) is 17.1 Å². The molecule has 1 saturated heterocycles. The van der Waals surface area contributed by atoms with E-state index in [0.29, 0.717) is 21.6 Å². The lowest BCUT2D eigenvalue weighted by molar-refractivity contribution is -0.115. The second-order valence-corrected chi connectivity index (χ2v) is 8.28. The highest BCUT2D eigenvalue weighted by Gasteiger charge is 2.23. The first-order valence-corrected chi connectivity index (χ1v) is 9.92. The molecule has 3 aromatic rings. The summed E-state index contributed by atoms with van der Waals surface area (Å²) in [5.41, 5.74) is 3.63. The average molecular weight is 409 g/mol. The molecule has 0 aliphatic carbocycles. The lowest BCUT2D eigenvalue weighted by atomic mass is 10.0. The molecule has 0 spiro atoms. The van der Waals surface area contributed by atoms with Gasteiger partial charge in [-0.1, -0.05) is 30.0 Å². The molecular formula is C20H15N3O3S2. The Kier molecular flexibility index (Phi) is 4.10. The quantitative estimate of drug-likeness (QED) is 0.510. The van der Waals surface area contributed by atoms with Crippen molar-refractivity contribution >= 4 is 56.9 Å². The molecule has 4 heterocycles. The zero-order chi connectivity index (χ0) is 19.3. The van der Waals surface area contributed by atoms with E-state index >= 15 is 0 Å². The van der Waals surface area contributed by atoms with Crippen LogP contribution in [0.15, 0.2) is 46.0 Å². The van der Waals surface area contributed by atoms with Crippen LogP contribution < -0.4 is 15.0 Å². The molecule has 8 heteroatoms. The number of rotatable bonds is 2. The van der Waals surface area contributed by atoms with E-state index in [2.05, 4.69) is 28.3 Å². The van der Waals surface area contributed by atoms with E-state index in [1.54, 1.807) is 18.5 Å². The minimum absolute atomic E-state index is 0.204. The van der Waals surface area contributed by atoms with Gasteiger partial charge in [0.2, 0.25) is 0 Å². The number of ether oxygens (including phenoxy) is 1. The van der Waals surface area contributed by atoms with Crippen molar-refractivity contribution in [3.8, 4) is 16.9 Å². The summed E-state index contributed by atoms with van der Waals surface area (Å²) >= 11 is 6.26. The number of benzene rings is 1. The molecular weight excluding hydrogens is 394 g/mol. The van der Waals surface area contributed by atoms with Gasteiger partial charge < -0.3 is 19.4 Å². The minimum atomic E-state index is -0.204. The fourth-order valence-corrected chi connectivity index (χ4v) is 4.36. The summed E-state index contributed by atoms with van der Waals surface area (Å²) in [4.78, 5) is 18.9. The number of nitrogens with one attached hydrogen (secondary N) is 1. The Bertz CT molecular complexity index is 1170. The zero-order valence-corrected chi connectivity index (χ0v) is 16.5. The average Bonchev–Trinajstić information content (AvgIpc) is 3.23. The Labute approximate surface area is 170 Å². The Morgan fingerprint density at radius 3 is 3.04 bits per heavy atom. The molecule has 28 heavy (non-hydrogen) atoms. The van der Waals surface area contributed by atoms with Crippen molar-refractivity contribution in [3.63, 3.8) is 0 Å². The van der Waals surface area contributed by atoms with Gasteiger partial charge in [0, 0.05) is 36.5 Å². The normalized spacial score (nSPS) is 17.8. The second-order valence-electron chi connectivity index (χ2n) is 6.56. The Hall–Kier alpha value is -2.84. The van der Waals surface area contributed by atoms with Gasteiger partial charge in [-0.05, 0) is 23.8 Å². The Morgan fingerprint density at radius 1 is 1.32 bits per heavy atom. The summed E-state index contributed by atoms with van der Waals surface area (Å²) in [6.45, 7) is 1.53. The van der Waals surface area contributed by atoms with Crippen molar-refractivity contribution < 1.29 is 13.9 Å². The smallest absolute Gasteiger partial charge is 0.263 e. The van der Waals surface area contributed by atoms with E-state index in [-0.39, 0.29) is 5.91 Å². The van der Waals surface area contributed by atoms with E-state index in [4.69, 9.17) is 21.4 Å². The van der Waals surface area contributed by atoms with Crippen molar-refractivity contribution in [1.29, 1.82) is 0 Å². The van der Waals surface area contributed by atoms with Gasteiger partial charge >= 0.3 is 0 Å². The molecule has 0 unspecified atom stereocenters. The molecule has 0 bridgehead atoms. The number of hydrogen-bond donors (Lipinski definition) is 1. The van der Waals surface area contributed by atoms with Gasteiger partial charge in [-0.2, -0.15) is 0 Å². The summed E-state index contributed by atoms with van der Waals surface area (Å²) in [5.74, 6) is 1.23. The first kappa shape index (κ1) is 17.3. The summed E-state index contributed by atoms with van der Waals surface area (Å²) in [6.07, 6.45) is 5.23. The number of carbonyl (C=O) groups is 1. The molecule has 1 amide bonds. The standard InChI is InChI=1S/C20H15N3O3S2/c1-23-4-5-25-16-7-11(2-3-15(16)23)14-10-21-9-12-6-13(26-18(12)14)8-17-19(24)22-20(27)28-17/h2-3,6-10H,4-5H2,1H3,(H,22,24,27)/b17-8-. The van der Waals surface area contributed by atoms with Gasteiger partial charge in [-0.15, -0.1) is 0 Å². The van der Waals surface area contributed by atoms with Crippen LogP contribution in [-0.2, 0) is 4.79 Å². The molecule has 1 N–H and O–H groups in total. The minimum Gasteiger partial charge on any atom is -0.490 e.